The maximum absolute atomic E-state index is 10.7. The summed E-state index contributed by atoms with van der Waals surface area (Å²) in [5.41, 5.74) is 0. The molecule has 0 saturated carbocycles. The van der Waals surface area contributed by atoms with E-state index in [0.717, 1.165) is 0 Å². The van der Waals surface area contributed by atoms with Gasteiger partial charge < -0.3 is 15.7 Å². The van der Waals surface area contributed by atoms with E-state index in [9.17, 15) is 9.59 Å². The molecule has 66 valence electrons. The molecule has 0 heterocycles. The fourth-order valence-electron chi connectivity index (χ4n) is 0.450. The SMILES string of the molecule is N#CCNC(=O)C(=O)NCCO. The number of hydrogen-bond donors (Lipinski definition) is 3. The summed E-state index contributed by atoms with van der Waals surface area (Å²) < 4.78 is 0. The number of nitriles is 1. The predicted octanol–water partition coefficient (Wildman–Crippen LogP) is -2.27. The van der Waals surface area contributed by atoms with E-state index in [1.54, 1.807) is 6.07 Å². The van der Waals surface area contributed by atoms with Gasteiger partial charge in [0.1, 0.15) is 6.54 Å². The zero-order valence-corrected chi connectivity index (χ0v) is 6.33. The fourth-order valence-corrected chi connectivity index (χ4v) is 0.450. The molecule has 2 amide bonds. The predicted molar refractivity (Wildman–Crippen MR) is 38.7 cm³/mol. The van der Waals surface area contributed by atoms with Gasteiger partial charge in [-0.05, 0) is 0 Å². The van der Waals surface area contributed by atoms with Gasteiger partial charge in [0, 0.05) is 6.54 Å². The van der Waals surface area contributed by atoms with E-state index >= 15 is 0 Å². The fraction of sp³-hybridized carbons (Fsp3) is 0.500. The molecule has 0 rings (SSSR count). The molecule has 0 fully saturated rings. The van der Waals surface area contributed by atoms with E-state index in [2.05, 4.69) is 5.32 Å². The van der Waals surface area contributed by atoms with Gasteiger partial charge >= 0.3 is 11.8 Å². The molecule has 0 aromatic rings. The Morgan fingerprint density at radius 2 is 1.92 bits per heavy atom. The summed E-state index contributed by atoms with van der Waals surface area (Å²) in [6.07, 6.45) is 0. The summed E-state index contributed by atoms with van der Waals surface area (Å²) in [5, 5.41) is 20.5. The maximum Gasteiger partial charge on any atom is 0.310 e. The second-order valence-electron chi connectivity index (χ2n) is 1.82. The smallest absolute Gasteiger partial charge is 0.310 e. The molecular formula is C6H9N3O3. The van der Waals surface area contributed by atoms with Crippen LogP contribution in [0.5, 0.6) is 0 Å². The summed E-state index contributed by atoms with van der Waals surface area (Å²) in [6.45, 7) is -0.401. The van der Waals surface area contributed by atoms with Crippen LogP contribution in [-0.4, -0.2) is 36.6 Å². The molecule has 6 heteroatoms. The largest absolute Gasteiger partial charge is 0.395 e. The van der Waals surface area contributed by atoms with Crippen LogP contribution >= 0.6 is 0 Å². The highest BCUT2D eigenvalue weighted by atomic mass is 16.3. The summed E-state index contributed by atoms with van der Waals surface area (Å²) in [5.74, 6) is -1.72. The van der Waals surface area contributed by atoms with Gasteiger partial charge in [0.05, 0.1) is 12.7 Å². The monoisotopic (exact) mass is 171 g/mol. The van der Waals surface area contributed by atoms with Crippen molar-refractivity contribution in [3.63, 3.8) is 0 Å². The zero-order valence-electron chi connectivity index (χ0n) is 6.33. The highest BCUT2D eigenvalue weighted by Gasteiger charge is 2.10. The van der Waals surface area contributed by atoms with Crippen molar-refractivity contribution in [3.05, 3.63) is 0 Å². The number of aliphatic hydroxyl groups is 1. The molecular weight excluding hydrogens is 162 g/mol. The van der Waals surface area contributed by atoms with E-state index < -0.39 is 11.8 Å². The highest BCUT2D eigenvalue weighted by Crippen LogP contribution is 1.67. The first kappa shape index (κ1) is 10.4. The van der Waals surface area contributed by atoms with Crippen LogP contribution in [0.4, 0.5) is 0 Å². The van der Waals surface area contributed by atoms with Crippen LogP contribution in [0.2, 0.25) is 0 Å². The van der Waals surface area contributed by atoms with Crippen molar-refractivity contribution in [3.8, 4) is 6.07 Å². The number of nitrogens with one attached hydrogen (secondary N) is 2. The lowest BCUT2D eigenvalue weighted by Crippen LogP contribution is -2.40. The van der Waals surface area contributed by atoms with Crippen molar-refractivity contribution in [2.45, 2.75) is 0 Å². The Morgan fingerprint density at radius 1 is 1.33 bits per heavy atom. The van der Waals surface area contributed by atoms with Crippen LogP contribution in [-0.2, 0) is 9.59 Å². The van der Waals surface area contributed by atoms with Crippen molar-refractivity contribution in [2.75, 3.05) is 19.7 Å². The van der Waals surface area contributed by atoms with Crippen molar-refractivity contribution in [1.82, 2.24) is 10.6 Å². The topological polar surface area (TPSA) is 102 Å². The third-order valence-corrected chi connectivity index (χ3v) is 0.932. The molecule has 0 unspecified atom stereocenters. The summed E-state index contributed by atoms with van der Waals surface area (Å²) in [6, 6.07) is 1.65. The van der Waals surface area contributed by atoms with Gasteiger partial charge in [0.15, 0.2) is 0 Å². The second-order valence-corrected chi connectivity index (χ2v) is 1.82. The molecule has 0 aromatic heterocycles. The Hall–Kier alpha value is -1.61. The first-order valence-corrected chi connectivity index (χ1v) is 3.26. The maximum atomic E-state index is 10.7. The number of carbonyl (C=O) groups is 2. The minimum absolute atomic E-state index is 0.0266. The average Bonchev–Trinajstić information content (AvgIpc) is 2.10. The molecule has 12 heavy (non-hydrogen) atoms. The molecule has 0 atom stereocenters. The Labute approximate surface area is 69.2 Å². The van der Waals surface area contributed by atoms with Gasteiger partial charge in [-0.2, -0.15) is 5.26 Å². The van der Waals surface area contributed by atoms with Gasteiger partial charge in [0.25, 0.3) is 0 Å². The van der Waals surface area contributed by atoms with Gasteiger partial charge in [-0.15, -0.1) is 0 Å². The lowest BCUT2D eigenvalue weighted by atomic mass is 10.5. The number of aliphatic hydroxyl groups excluding tert-OH is 1. The van der Waals surface area contributed by atoms with E-state index in [1.807, 2.05) is 5.32 Å². The lowest BCUT2D eigenvalue weighted by Gasteiger charge is -2.00. The number of carbonyl (C=O) groups excluding carboxylic acids is 2. The van der Waals surface area contributed by atoms with E-state index in [0.29, 0.717) is 0 Å². The molecule has 0 aliphatic rings. The van der Waals surface area contributed by atoms with E-state index in [4.69, 9.17) is 10.4 Å². The Bertz CT molecular complexity index is 209. The number of amides is 2. The number of nitrogens with zero attached hydrogens (tertiary/aromatic N) is 1. The van der Waals surface area contributed by atoms with Crippen molar-refractivity contribution < 1.29 is 14.7 Å². The number of hydrogen-bond acceptors (Lipinski definition) is 4. The van der Waals surface area contributed by atoms with Crippen LogP contribution in [0, 0.1) is 11.3 Å². The normalized spacial score (nSPS) is 8.33. The number of rotatable bonds is 3. The van der Waals surface area contributed by atoms with Crippen LogP contribution < -0.4 is 10.6 Å². The first-order valence-electron chi connectivity index (χ1n) is 3.26. The summed E-state index contributed by atoms with van der Waals surface area (Å²) in [7, 11) is 0. The van der Waals surface area contributed by atoms with Crippen molar-refractivity contribution in [1.29, 1.82) is 5.26 Å². The van der Waals surface area contributed by atoms with Crippen molar-refractivity contribution in [2.24, 2.45) is 0 Å². The van der Waals surface area contributed by atoms with Crippen LogP contribution in [0.3, 0.4) is 0 Å². The molecule has 6 nitrogen and oxygen atoms in total. The van der Waals surface area contributed by atoms with Gasteiger partial charge in [-0.3, -0.25) is 9.59 Å². The molecule has 0 aromatic carbocycles. The minimum Gasteiger partial charge on any atom is -0.395 e. The molecule has 0 bridgehead atoms. The molecule has 0 radical (unpaired) electrons. The minimum atomic E-state index is -0.870. The molecule has 0 saturated heterocycles. The Kier molecular flexibility index (Phi) is 5.30. The third kappa shape index (κ3) is 4.24. The van der Waals surface area contributed by atoms with Gasteiger partial charge in [-0.1, -0.05) is 0 Å². The molecule has 3 N–H and O–H groups in total. The van der Waals surface area contributed by atoms with Crippen molar-refractivity contribution >= 4 is 11.8 Å². The highest BCUT2D eigenvalue weighted by molar-refractivity contribution is 6.35. The third-order valence-electron chi connectivity index (χ3n) is 0.932. The Morgan fingerprint density at radius 3 is 2.42 bits per heavy atom. The molecule has 0 aliphatic carbocycles. The molecule has 0 aliphatic heterocycles. The van der Waals surface area contributed by atoms with E-state index in [1.165, 1.54) is 0 Å². The second kappa shape index (κ2) is 6.12. The van der Waals surface area contributed by atoms with E-state index in [-0.39, 0.29) is 19.7 Å². The summed E-state index contributed by atoms with van der Waals surface area (Å²) >= 11 is 0. The lowest BCUT2D eigenvalue weighted by molar-refractivity contribution is -0.139. The van der Waals surface area contributed by atoms with Gasteiger partial charge in [-0.25, -0.2) is 0 Å². The van der Waals surface area contributed by atoms with Crippen LogP contribution in [0.15, 0.2) is 0 Å². The molecule has 0 spiro atoms. The Balaban J connectivity index is 3.64. The first-order chi connectivity index (χ1) is 5.72. The average molecular weight is 171 g/mol. The summed E-state index contributed by atoms with van der Waals surface area (Å²) in [4.78, 5) is 21.3. The van der Waals surface area contributed by atoms with Crippen LogP contribution in [0.25, 0.3) is 0 Å². The van der Waals surface area contributed by atoms with Crippen LogP contribution in [0.1, 0.15) is 0 Å². The standard InChI is InChI=1S/C6H9N3O3/c7-1-2-8-5(11)6(12)9-3-4-10/h10H,2-4H2,(H,8,11)(H,9,12). The van der Waals surface area contributed by atoms with Gasteiger partial charge in [0.2, 0.25) is 0 Å². The quantitative estimate of drug-likeness (QED) is 0.329. The zero-order chi connectivity index (χ0) is 9.40.